The van der Waals surface area contributed by atoms with Gasteiger partial charge in [0, 0.05) is 32.1 Å². The zero-order valence-electron chi connectivity index (χ0n) is 16.4. The maximum Gasteiger partial charge on any atom is 0.335 e. The normalized spacial score (nSPS) is 17.6. The van der Waals surface area contributed by atoms with Gasteiger partial charge in [0.15, 0.2) is 0 Å². The quantitative estimate of drug-likeness (QED) is 0.866. The van der Waals surface area contributed by atoms with Crippen LogP contribution < -0.4 is 21.5 Å². The third kappa shape index (κ3) is 3.37. The van der Waals surface area contributed by atoms with Crippen molar-refractivity contribution in [2.24, 2.45) is 13.0 Å². The molecule has 0 bridgehead atoms. The second-order valence-electron chi connectivity index (χ2n) is 7.80. The Labute approximate surface area is 163 Å². The lowest BCUT2D eigenvalue weighted by Crippen LogP contribution is -2.47. The van der Waals surface area contributed by atoms with Gasteiger partial charge in [-0.3, -0.25) is 18.7 Å². The summed E-state index contributed by atoms with van der Waals surface area (Å²) in [6.07, 6.45) is 3.60. The van der Waals surface area contributed by atoms with E-state index >= 15 is 0 Å². The van der Waals surface area contributed by atoms with Crippen molar-refractivity contribution in [3.05, 3.63) is 56.9 Å². The number of para-hydroxylation sites is 1. The van der Waals surface area contributed by atoms with Crippen molar-refractivity contribution >= 4 is 11.6 Å². The van der Waals surface area contributed by atoms with Gasteiger partial charge in [-0.2, -0.15) is 0 Å². The van der Waals surface area contributed by atoms with Gasteiger partial charge in [-0.15, -0.1) is 0 Å². The SMILES string of the molecule is Cc1c(N2CCC(C(=O)NC3CC3)CC2)c(=O)n(C)c(=O)n1-c1ccccc1. The minimum Gasteiger partial charge on any atom is -0.366 e. The largest absolute Gasteiger partial charge is 0.366 e. The molecule has 2 aliphatic rings. The van der Waals surface area contributed by atoms with E-state index in [-0.39, 0.29) is 23.1 Å². The molecule has 148 valence electrons. The van der Waals surface area contributed by atoms with Gasteiger partial charge >= 0.3 is 5.69 Å². The van der Waals surface area contributed by atoms with Crippen LogP contribution in [0.4, 0.5) is 5.69 Å². The first kappa shape index (κ1) is 18.5. The minimum absolute atomic E-state index is 0.000960. The maximum absolute atomic E-state index is 12.9. The molecule has 7 nitrogen and oxygen atoms in total. The number of rotatable bonds is 4. The van der Waals surface area contributed by atoms with E-state index in [0.717, 1.165) is 18.5 Å². The topological polar surface area (TPSA) is 76.3 Å². The molecular formula is C21H26N4O3. The van der Waals surface area contributed by atoms with Crippen LogP contribution in [-0.4, -0.2) is 34.2 Å². The summed E-state index contributed by atoms with van der Waals surface area (Å²) in [5, 5.41) is 3.08. The highest BCUT2D eigenvalue weighted by Gasteiger charge is 2.31. The molecule has 4 rings (SSSR count). The molecule has 2 fully saturated rings. The van der Waals surface area contributed by atoms with Crippen LogP contribution in [0.5, 0.6) is 0 Å². The molecule has 1 aromatic heterocycles. The number of carbonyl (C=O) groups excluding carboxylic acids is 1. The Morgan fingerprint density at radius 1 is 1.04 bits per heavy atom. The predicted molar refractivity (Wildman–Crippen MR) is 108 cm³/mol. The highest BCUT2D eigenvalue weighted by molar-refractivity contribution is 5.79. The Hall–Kier alpha value is -2.83. The summed E-state index contributed by atoms with van der Waals surface area (Å²) in [5.74, 6) is 0.141. The molecule has 7 heteroatoms. The first-order chi connectivity index (χ1) is 13.5. The molecule has 1 aliphatic heterocycles. The maximum atomic E-state index is 12.9. The molecule has 28 heavy (non-hydrogen) atoms. The molecule has 1 N–H and O–H groups in total. The smallest absolute Gasteiger partial charge is 0.335 e. The molecule has 2 aromatic rings. The fraction of sp³-hybridized carbons (Fsp3) is 0.476. The Morgan fingerprint density at radius 3 is 2.29 bits per heavy atom. The number of carbonyl (C=O) groups is 1. The highest BCUT2D eigenvalue weighted by atomic mass is 16.2. The van der Waals surface area contributed by atoms with Crippen molar-refractivity contribution in [3.63, 3.8) is 0 Å². The van der Waals surface area contributed by atoms with Gasteiger partial charge in [0.1, 0.15) is 5.69 Å². The van der Waals surface area contributed by atoms with E-state index < -0.39 is 0 Å². The van der Waals surface area contributed by atoms with Gasteiger partial charge < -0.3 is 10.2 Å². The number of hydrogen-bond donors (Lipinski definition) is 1. The molecular weight excluding hydrogens is 356 g/mol. The van der Waals surface area contributed by atoms with Crippen molar-refractivity contribution in [1.82, 2.24) is 14.5 Å². The standard InChI is InChI=1S/C21H26N4O3/c1-14-18(24-12-10-15(11-13-24)19(26)22-16-8-9-16)20(27)23(2)21(28)25(14)17-6-4-3-5-7-17/h3-7,15-16H,8-13H2,1-2H3,(H,22,26). The number of piperidine rings is 1. The predicted octanol–water partition coefficient (Wildman–Crippen LogP) is 1.34. The van der Waals surface area contributed by atoms with Crippen LogP contribution in [0.3, 0.4) is 0 Å². The summed E-state index contributed by atoms with van der Waals surface area (Å²) in [5.41, 5.74) is 1.29. The number of amides is 1. The third-order valence-corrected chi connectivity index (χ3v) is 5.78. The molecule has 1 saturated carbocycles. The van der Waals surface area contributed by atoms with Crippen molar-refractivity contribution < 1.29 is 4.79 Å². The lowest BCUT2D eigenvalue weighted by Gasteiger charge is -2.34. The van der Waals surface area contributed by atoms with Gasteiger partial charge in [-0.05, 0) is 44.7 Å². The van der Waals surface area contributed by atoms with Crippen molar-refractivity contribution in [2.45, 2.75) is 38.6 Å². The lowest BCUT2D eigenvalue weighted by atomic mass is 9.95. The minimum atomic E-state index is -0.351. The number of hydrogen-bond acceptors (Lipinski definition) is 4. The van der Waals surface area contributed by atoms with Crippen molar-refractivity contribution in [2.75, 3.05) is 18.0 Å². The van der Waals surface area contributed by atoms with E-state index in [4.69, 9.17) is 0 Å². The van der Waals surface area contributed by atoms with Crippen LogP contribution in [0, 0.1) is 12.8 Å². The number of aromatic nitrogens is 2. The van der Waals surface area contributed by atoms with Crippen LogP contribution in [-0.2, 0) is 11.8 Å². The highest BCUT2D eigenvalue weighted by Crippen LogP contribution is 2.26. The molecule has 0 atom stereocenters. The second-order valence-corrected chi connectivity index (χ2v) is 7.80. The average molecular weight is 382 g/mol. The van der Waals surface area contributed by atoms with Crippen LogP contribution in [0.2, 0.25) is 0 Å². The van der Waals surface area contributed by atoms with Gasteiger partial charge in [-0.1, -0.05) is 18.2 Å². The van der Waals surface area contributed by atoms with Crippen LogP contribution in [0.1, 0.15) is 31.4 Å². The monoisotopic (exact) mass is 382 g/mol. The summed E-state index contributed by atoms with van der Waals surface area (Å²) in [4.78, 5) is 40.0. The second kappa shape index (κ2) is 7.30. The fourth-order valence-electron chi connectivity index (χ4n) is 3.96. The van der Waals surface area contributed by atoms with E-state index in [2.05, 4.69) is 5.32 Å². The Bertz CT molecular complexity index is 997. The fourth-order valence-corrected chi connectivity index (χ4v) is 3.96. The Balaban J connectivity index is 1.63. The van der Waals surface area contributed by atoms with E-state index in [9.17, 15) is 14.4 Å². The zero-order valence-corrected chi connectivity index (χ0v) is 16.4. The van der Waals surface area contributed by atoms with Crippen molar-refractivity contribution in [1.29, 1.82) is 0 Å². The first-order valence-corrected chi connectivity index (χ1v) is 9.90. The summed E-state index contributed by atoms with van der Waals surface area (Å²) in [6, 6.07) is 9.72. The van der Waals surface area contributed by atoms with Crippen LogP contribution in [0.25, 0.3) is 5.69 Å². The zero-order chi connectivity index (χ0) is 19.8. The van der Waals surface area contributed by atoms with E-state index in [1.165, 1.54) is 11.6 Å². The molecule has 1 saturated heterocycles. The Morgan fingerprint density at radius 2 is 1.68 bits per heavy atom. The van der Waals surface area contributed by atoms with Gasteiger partial charge in [-0.25, -0.2) is 4.79 Å². The summed E-state index contributed by atoms with van der Waals surface area (Å²) in [6.45, 7) is 3.08. The summed E-state index contributed by atoms with van der Waals surface area (Å²) < 4.78 is 2.75. The lowest BCUT2D eigenvalue weighted by molar-refractivity contribution is -0.125. The number of nitrogens with one attached hydrogen (secondary N) is 1. The molecule has 0 spiro atoms. The first-order valence-electron chi connectivity index (χ1n) is 9.90. The molecule has 1 amide bonds. The van der Waals surface area contributed by atoms with Gasteiger partial charge in [0.2, 0.25) is 5.91 Å². The average Bonchev–Trinajstić information content (AvgIpc) is 3.52. The molecule has 0 radical (unpaired) electrons. The van der Waals surface area contributed by atoms with Crippen LogP contribution >= 0.6 is 0 Å². The molecule has 1 aliphatic carbocycles. The van der Waals surface area contributed by atoms with E-state index in [1.807, 2.05) is 42.2 Å². The van der Waals surface area contributed by atoms with Gasteiger partial charge in [0.05, 0.1) is 11.4 Å². The van der Waals surface area contributed by atoms with E-state index in [1.54, 1.807) is 4.57 Å². The van der Waals surface area contributed by atoms with Crippen molar-refractivity contribution in [3.8, 4) is 5.69 Å². The number of benzene rings is 1. The molecule has 2 heterocycles. The number of anilines is 1. The van der Waals surface area contributed by atoms with E-state index in [0.29, 0.717) is 43.4 Å². The molecule has 0 unspecified atom stereocenters. The van der Waals surface area contributed by atoms with Gasteiger partial charge in [0.25, 0.3) is 5.56 Å². The third-order valence-electron chi connectivity index (χ3n) is 5.78. The Kier molecular flexibility index (Phi) is 4.83. The van der Waals surface area contributed by atoms with Crippen LogP contribution in [0.15, 0.2) is 39.9 Å². The summed E-state index contributed by atoms with van der Waals surface area (Å²) in [7, 11) is 1.52. The summed E-state index contributed by atoms with van der Waals surface area (Å²) >= 11 is 0. The number of nitrogens with zero attached hydrogens (tertiary/aromatic N) is 3. The molecule has 1 aromatic carbocycles.